The molecule has 1 aromatic rings. The minimum Gasteiger partial charge on any atom is -0.508 e. The van der Waals surface area contributed by atoms with Crippen LogP contribution in [0, 0.1) is 5.92 Å². The fraction of sp³-hybridized carbons (Fsp3) is 0.550. The third kappa shape index (κ3) is 4.63. The number of piperidine rings is 1. The Morgan fingerprint density at radius 1 is 1.27 bits per heavy atom. The van der Waals surface area contributed by atoms with Gasteiger partial charge in [-0.2, -0.15) is 0 Å². The normalized spacial score (nSPS) is 25.5. The number of benzene rings is 1. The highest BCUT2D eigenvalue weighted by atomic mass is 16.7. The van der Waals surface area contributed by atoms with Crippen LogP contribution in [0.4, 0.5) is 0 Å². The fourth-order valence-electron chi connectivity index (χ4n) is 3.61. The molecule has 0 saturated carbocycles. The molecular weight excluding hydrogens is 334 g/mol. The summed E-state index contributed by atoms with van der Waals surface area (Å²) < 4.78 is 12.6. The van der Waals surface area contributed by atoms with Crippen LogP contribution in [-0.4, -0.2) is 41.7 Å². The smallest absolute Gasteiger partial charge is 0.303 e. The summed E-state index contributed by atoms with van der Waals surface area (Å²) in [6.45, 7) is 2.27. The van der Waals surface area contributed by atoms with Crippen LogP contribution in [0.15, 0.2) is 36.4 Å². The van der Waals surface area contributed by atoms with Crippen LogP contribution in [0.25, 0.3) is 0 Å². The van der Waals surface area contributed by atoms with Gasteiger partial charge in [-0.05, 0) is 18.9 Å². The standard InChI is InChI=1S/C20H27NO5/c22-17-8-5-4-7-16(17)19-15(6-2-1-3-9-18(23)24)14-25-20(26-19)10-12-21-13-11-20/h1-2,4-5,7-8,15,19,21-22H,3,6,9-14H2,(H,23,24)/b2-1-/t15-,19+/m1/s1. The molecule has 0 aromatic heterocycles. The number of para-hydroxylation sites is 1. The van der Waals surface area contributed by atoms with E-state index >= 15 is 0 Å². The number of carboxylic acids is 1. The Kier molecular flexibility index (Phi) is 6.29. The molecule has 6 nitrogen and oxygen atoms in total. The monoisotopic (exact) mass is 361 g/mol. The lowest BCUT2D eigenvalue weighted by atomic mass is 9.89. The first-order valence-corrected chi connectivity index (χ1v) is 9.27. The van der Waals surface area contributed by atoms with Gasteiger partial charge in [-0.1, -0.05) is 30.4 Å². The minimum atomic E-state index is -0.793. The van der Waals surface area contributed by atoms with E-state index in [9.17, 15) is 9.90 Å². The first kappa shape index (κ1) is 18.9. The van der Waals surface area contributed by atoms with E-state index in [0.29, 0.717) is 19.4 Å². The van der Waals surface area contributed by atoms with Crippen LogP contribution in [0.1, 0.15) is 43.8 Å². The van der Waals surface area contributed by atoms with Gasteiger partial charge in [0.1, 0.15) is 5.75 Å². The van der Waals surface area contributed by atoms with Crippen molar-refractivity contribution in [1.82, 2.24) is 5.32 Å². The number of phenolic OH excluding ortho intramolecular Hbond substituents is 1. The van der Waals surface area contributed by atoms with Crippen LogP contribution in [0.3, 0.4) is 0 Å². The van der Waals surface area contributed by atoms with E-state index < -0.39 is 11.8 Å². The van der Waals surface area contributed by atoms with Crippen molar-refractivity contribution in [1.29, 1.82) is 0 Å². The molecule has 26 heavy (non-hydrogen) atoms. The summed E-state index contributed by atoms with van der Waals surface area (Å²) >= 11 is 0. The van der Waals surface area contributed by atoms with Gasteiger partial charge in [-0.15, -0.1) is 0 Å². The number of phenols is 1. The maximum Gasteiger partial charge on any atom is 0.303 e. The van der Waals surface area contributed by atoms with Gasteiger partial charge < -0.3 is 25.0 Å². The summed E-state index contributed by atoms with van der Waals surface area (Å²) in [5.41, 5.74) is 0.789. The summed E-state index contributed by atoms with van der Waals surface area (Å²) in [5.74, 6) is -1.06. The third-order valence-corrected chi connectivity index (χ3v) is 5.07. The third-order valence-electron chi connectivity index (χ3n) is 5.07. The molecule has 2 fully saturated rings. The molecule has 142 valence electrons. The summed E-state index contributed by atoms with van der Waals surface area (Å²) in [4.78, 5) is 10.6. The predicted molar refractivity (Wildman–Crippen MR) is 96.8 cm³/mol. The topological polar surface area (TPSA) is 88.0 Å². The molecule has 2 heterocycles. The number of carboxylic acid groups (broad SMARTS) is 1. The zero-order chi connectivity index (χ0) is 18.4. The van der Waals surface area contributed by atoms with Crippen molar-refractivity contribution in [2.75, 3.05) is 19.7 Å². The molecular formula is C20H27NO5. The second-order valence-corrected chi connectivity index (χ2v) is 6.97. The average molecular weight is 361 g/mol. The van der Waals surface area contributed by atoms with Crippen molar-refractivity contribution in [2.45, 2.75) is 44.0 Å². The molecule has 2 atom stereocenters. The molecule has 1 spiro atoms. The highest BCUT2D eigenvalue weighted by molar-refractivity contribution is 5.66. The molecule has 1 aromatic carbocycles. The van der Waals surface area contributed by atoms with Gasteiger partial charge in [-0.25, -0.2) is 0 Å². The predicted octanol–water partition coefficient (Wildman–Crippen LogP) is 2.99. The van der Waals surface area contributed by atoms with Crippen LogP contribution in [0.5, 0.6) is 5.75 Å². The molecule has 2 saturated heterocycles. The van der Waals surface area contributed by atoms with Crippen molar-refractivity contribution in [3.05, 3.63) is 42.0 Å². The number of carbonyl (C=O) groups is 1. The van der Waals surface area contributed by atoms with E-state index in [4.69, 9.17) is 14.6 Å². The quantitative estimate of drug-likeness (QED) is 0.675. The van der Waals surface area contributed by atoms with Crippen molar-refractivity contribution in [3.8, 4) is 5.75 Å². The molecule has 6 heteroatoms. The van der Waals surface area contributed by atoms with Gasteiger partial charge in [0.05, 0.1) is 12.7 Å². The largest absolute Gasteiger partial charge is 0.508 e. The van der Waals surface area contributed by atoms with E-state index in [-0.39, 0.29) is 24.2 Å². The Labute approximate surface area is 153 Å². The summed E-state index contributed by atoms with van der Waals surface area (Å²) in [6, 6.07) is 7.30. The number of aromatic hydroxyl groups is 1. The molecule has 0 radical (unpaired) electrons. The maximum absolute atomic E-state index is 10.6. The highest BCUT2D eigenvalue weighted by Gasteiger charge is 2.44. The molecule has 0 bridgehead atoms. The first-order valence-electron chi connectivity index (χ1n) is 9.27. The molecule has 3 rings (SSSR count). The molecule has 0 unspecified atom stereocenters. The number of hydrogen-bond donors (Lipinski definition) is 3. The van der Waals surface area contributed by atoms with Crippen molar-refractivity contribution < 1.29 is 24.5 Å². The zero-order valence-electron chi connectivity index (χ0n) is 14.9. The Hall–Kier alpha value is -1.89. The zero-order valence-corrected chi connectivity index (χ0v) is 14.9. The number of nitrogens with one attached hydrogen (secondary N) is 1. The van der Waals surface area contributed by atoms with E-state index in [2.05, 4.69) is 5.32 Å². The van der Waals surface area contributed by atoms with Crippen LogP contribution in [-0.2, 0) is 14.3 Å². The lowest BCUT2D eigenvalue weighted by Crippen LogP contribution is -2.51. The number of ether oxygens (including phenoxy) is 2. The van der Waals surface area contributed by atoms with Gasteiger partial charge in [0.2, 0.25) is 0 Å². The molecule has 2 aliphatic heterocycles. The second-order valence-electron chi connectivity index (χ2n) is 6.97. The second kappa shape index (κ2) is 8.66. The SMILES string of the molecule is O=C(O)CC/C=C\C[C@@H]1COC2(CCNCC2)O[C@@H]1c1ccccc1O. The Bertz CT molecular complexity index is 639. The number of allylic oxidation sites excluding steroid dienone is 2. The maximum atomic E-state index is 10.6. The Balaban J connectivity index is 1.72. The van der Waals surface area contributed by atoms with Gasteiger partial charge in [0.25, 0.3) is 0 Å². The van der Waals surface area contributed by atoms with Gasteiger partial charge >= 0.3 is 5.97 Å². The molecule has 3 N–H and O–H groups in total. The highest BCUT2D eigenvalue weighted by Crippen LogP contribution is 2.44. The first-order chi connectivity index (χ1) is 12.6. The van der Waals surface area contributed by atoms with Crippen LogP contribution < -0.4 is 5.32 Å². The fourth-order valence-corrected chi connectivity index (χ4v) is 3.61. The van der Waals surface area contributed by atoms with Crippen molar-refractivity contribution >= 4 is 5.97 Å². The van der Waals surface area contributed by atoms with E-state index in [0.717, 1.165) is 31.5 Å². The van der Waals surface area contributed by atoms with Gasteiger partial charge in [-0.3, -0.25) is 4.79 Å². The number of rotatable bonds is 6. The van der Waals surface area contributed by atoms with Gasteiger partial charge in [0.15, 0.2) is 5.79 Å². The number of aliphatic carboxylic acids is 1. The number of hydrogen-bond acceptors (Lipinski definition) is 5. The van der Waals surface area contributed by atoms with Crippen LogP contribution >= 0.6 is 0 Å². The summed E-state index contributed by atoms with van der Waals surface area (Å²) in [6.07, 6.45) is 6.59. The van der Waals surface area contributed by atoms with Crippen molar-refractivity contribution in [3.63, 3.8) is 0 Å². The van der Waals surface area contributed by atoms with Crippen molar-refractivity contribution in [2.24, 2.45) is 5.92 Å². The summed E-state index contributed by atoms with van der Waals surface area (Å²) in [7, 11) is 0. The van der Waals surface area contributed by atoms with E-state index in [1.54, 1.807) is 12.1 Å². The molecule has 2 aliphatic rings. The Morgan fingerprint density at radius 2 is 2.04 bits per heavy atom. The molecule has 0 aliphatic carbocycles. The lowest BCUT2D eigenvalue weighted by molar-refractivity contribution is -0.322. The van der Waals surface area contributed by atoms with Crippen LogP contribution in [0.2, 0.25) is 0 Å². The average Bonchev–Trinajstić information content (AvgIpc) is 2.63. The lowest BCUT2D eigenvalue weighted by Gasteiger charge is -2.47. The van der Waals surface area contributed by atoms with Gasteiger partial charge in [0, 0.05) is 43.8 Å². The minimum absolute atomic E-state index is 0.0740. The summed E-state index contributed by atoms with van der Waals surface area (Å²) in [5, 5.41) is 22.4. The van der Waals surface area contributed by atoms with E-state index in [1.165, 1.54) is 0 Å². The molecule has 0 amide bonds. The van der Waals surface area contributed by atoms with E-state index in [1.807, 2.05) is 24.3 Å². The Morgan fingerprint density at radius 3 is 2.77 bits per heavy atom.